The van der Waals surface area contributed by atoms with Crippen LogP contribution in [0.15, 0.2) is 110 Å². The third-order valence-electron chi connectivity index (χ3n) is 12.9. The summed E-state index contributed by atoms with van der Waals surface area (Å²) in [5.41, 5.74) is -0.354. The van der Waals surface area contributed by atoms with E-state index in [4.69, 9.17) is 24.8 Å². The first-order valence-corrected chi connectivity index (χ1v) is 28.7. The van der Waals surface area contributed by atoms with Crippen molar-refractivity contribution in [3.63, 3.8) is 0 Å². The van der Waals surface area contributed by atoms with Gasteiger partial charge in [0.05, 0.1) is 35.9 Å². The fourth-order valence-electron chi connectivity index (χ4n) is 7.54. The molecule has 28 nitrogen and oxygen atoms in total. The van der Waals surface area contributed by atoms with Crippen LogP contribution in [0.1, 0.15) is 118 Å². The fourth-order valence-corrected chi connectivity index (χ4v) is 7.54. The van der Waals surface area contributed by atoms with Crippen LogP contribution in [0.25, 0.3) is 0 Å². The summed E-state index contributed by atoms with van der Waals surface area (Å²) in [6.45, 7) is 25.4. The topological polar surface area (TPSA) is 451 Å². The van der Waals surface area contributed by atoms with Gasteiger partial charge in [0.1, 0.15) is 38.5 Å². The molecule has 2 aromatic carbocycles. The number of rotatable bonds is 38. The van der Waals surface area contributed by atoms with Gasteiger partial charge in [-0.25, -0.2) is 19.2 Å². The van der Waals surface area contributed by atoms with E-state index in [0.29, 0.717) is 18.4 Å². The monoisotopic (exact) mass is 1340 g/mol. The molecular formula is C64H86N4Na2O24. The van der Waals surface area contributed by atoms with E-state index in [1.165, 1.54) is 27.7 Å². The van der Waals surface area contributed by atoms with Crippen LogP contribution >= 0.6 is 0 Å². The van der Waals surface area contributed by atoms with E-state index in [0.717, 1.165) is 17.7 Å². The van der Waals surface area contributed by atoms with E-state index in [-0.39, 0.29) is 142 Å². The molecule has 4 amide bonds. The second-order valence-electron chi connectivity index (χ2n) is 21.7. The Morgan fingerprint density at radius 3 is 1.05 bits per heavy atom. The molecule has 0 saturated carbocycles. The van der Waals surface area contributed by atoms with Crippen molar-refractivity contribution in [3.8, 4) is 0 Å². The Kier molecular flexibility index (Phi) is 48.7. The molecule has 0 heterocycles. The summed E-state index contributed by atoms with van der Waals surface area (Å²) in [5.74, 6) is -13.7. The van der Waals surface area contributed by atoms with Crippen LogP contribution in [-0.2, 0) is 98.9 Å². The third kappa shape index (κ3) is 41.5. The minimum absolute atomic E-state index is 0. The Morgan fingerprint density at radius 2 is 0.777 bits per heavy atom. The molecule has 30 heteroatoms. The molecule has 0 bridgehead atoms. The number of amides is 4. The second-order valence-corrected chi connectivity index (χ2v) is 21.7. The van der Waals surface area contributed by atoms with Crippen molar-refractivity contribution < 1.29 is 176 Å². The number of aliphatic carboxylic acids is 6. The summed E-state index contributed by atoms with van der Waals surface area (Å²) in [6.07, 6.45) is 1.80. The first-order valence-electron chi connectivity index (χ1n) is 28.7. The standard InChI is InChI=1S/C34H50N2O12.C13H15NO3.C9H13NO5.C8H10O4.2Na/c1-7-22(19-33(3,4)31(45)35-24(27(39)40)14-15-26(37)38)29(43)47-16-17-48-30(44)23(8-2)20-34(5,6)32(46)36-25(28(41)42)18-21-12-10-9-11-13-21;1-9(2)12(15)14-11(13(16)17)8-10-6-4-3-5-7-10;1-5(2)8(13)10-6(9(14)15)3-4-7(11)12;1-3-7(9)11-5-6-12-8(10)4-2;;/h9-13,22-25H,7-8,14-20H2,1-6H3,(H,35,45)(H,36,46)(H,37,38)(H,39,40)(H,41,42);3-7,11H,1,8H2,2H3,(H,14,15)(H,16,17);6H,1,3-4H2,2H3,(H,10,13)(H,11,12)(H,14,15);3-4H,1-2,5-6H2;;/q;;;;2*+1/p-2. The Hall–Kier alpha value is -8.02. The van der Waals surface area contributed by atoms with Crippen molar-refractivity contribution in [2.24, 2.45) is 22.7 Å². The van der Waals surface area contributed by atoms with Crippen molar-refractivity contribution in [2.75, 3.05) is 26.4 Å². The molecule has 6 atom stereocenters. The van der Waals surface area contributed by atoms with Gasteiger partial charge in [0.25, 0.3) is 0 Å². The Bertz CT molecular complexity index is 2860. The average Bonchev–Trinajstić information content (AvgIpc) is 0.883. The summed E-state index contributed by atoms with van der Waals surface area (Å²) in [7, 11) is 0. The van der Waals surface area contributed by atoms with Crippen LogP contribution in [0.5, 0.6) is 0 Å². The molecule has 8 N–H and O–H groups in total. The van der Waals surface area contributed by atoms with Crippen LogP contribution in [-0.4, -0.2) is 154 Å². The summed E-state index contributed by atoms with van der Waals surface area (Å²) in [6, 6.07) is 12.9. The van der Waals surface area contributed by atoms with Gasteiger partial charge in [-0.2, -0.15) is 0 Å². The molecule has 0 radical (unpaired) electrons. The first-order chi connectivity index (χ1) is 42.9. The number of carbonyl (C=O) groups is 14. The van der Waals surface area contributed by atoms with Gasteiger partial charge < -0.3 is 80.4 Å². The molecule has 508 valence electrons. The van der Waals surface area contributed by atoms with Crippen LogP contribution in [0.3, 0.4) is 0 Å². The molecule has 2 rings (SSSR count). The van der Waals surface area contributed by atoms with Gasteiger partial charge in [0.15, 0.2) is 0 Å². The van der Waals surface area contributed by atoms with Crippen molar-refractivity contribution in [2.45, 2.75) is 144 Å². The number of carboxylic acid groups (broad SMARTS) is 6. The first kappa shape index (κ1) is 92.4. The Morgan fingerprint density at radius 1 is 0.489 bits per heavy atom. The molecule has 0 aliphatic rings. The summed E-state index contributed by atoms with van der Waals surface area (Å²) >= 11 is 0. The maximum atomic E-state index is 13.1. The number of hydrogen-bond acceptors (Lipinski definition) is 20. The van der Waals surface area contributed by atoms with E-state index >= 15 is 0 Å². The predicted octanol–water partition coefficient (Wildman–Crippen LogP) is -3.64. The van der Waals surface area contributed by atoms with Crippen LogP contribution in [0.2, 0.25) is 0 Å². The zero-order valence-corrected chi connectivity index (χ0v) is 59.1. The largest absolute Gasteiger partial charge is 1.00 e. The van der Waals surface area contributed by atoms with Gasteiger partial charge in [-0.1, -0.05) is 129 Å². The smallest absolute Gasteiger partial charge is 0.548 e. The van der Waals surface area contributed by atoms with Gasteiger partial charge in [-0.05, 0) is 76.3 Å². The predicted molar refractivity (Wildman–Crippen MR) is 325 cm³/mol. The molecule has 0 fully saturated rings. The van der Waals surface area contributed by atoms with Gasteiger partial charge >= 0.3 is 107 Å². The van der Waals surface area contributed by atoms with Crippen LogP contribution < -0.4 is 90.6 Å². The van der Waals surface area contributed by atoms with Gasteiger partial charge in [0, 0.05) is 47.0 Å². The van der Waals surface area contributed by atoms with Gasteiger partial charge in [-0.3, -0.25) is 38.4 Å². The Balaban J connectivity index is -0.000000709. The molecule has 6 unspecified atom stereocenters. The SMILES string of the molecule is C=C(C)C(=O)NC(CCC(=O)O)C(=O)O.C=C(C)C(=O)NC(Cc1ccccc1)C(=O)[O-].C=CC(=O)OCCOC(=O)C=C.CCC(CC(C)(C)C(=O)NC(Cc1ccccc1)C(=O)[O-])C(=O)OCCOC(=O)C(CC)CC(C)(C)C(=O)NC(CCC(=O)O)C(=O)O.[Na+].[Na+]. The molecule has 2 aromatic rings. The molecule has 0 spiro atoms. The molecular weight excluding hydrogens is 1250 g/mol. The number of esters is 4. The normalized spacial score (nSPS) is 12.2. The van der Waals surface area contributed by atoms with E-state index < -0.39 is 137 Å². The van der Waals surface area contributed by atoms with Gasteiger partial charge in [0.2, 0.25) is 23.6 Å². The van der Waals surface area contributed by atoms with Crippen molar-refractivity contribution in [1.82, 2.24) is 21.3 Å². The number of carboxylic acids is 6. The minimum Gasteiger partial charge on any atom is -0.548 e. The van der Waals surface area contributed by atoms with Crippen molar-refractivity contribution in [1.29, 1.82) is 0 Å². The van der Waals surface area contributed by atoms with Gasteiger partial charge in [-0.15, -0.1) is 0 Å². The molecule has 0 aliphatic carbocycles. The summed E-state index contributed by atoms with van der Waals surface area (Å²) in [4.78, 5) is 161. The zero-order chi connectivity index (χ0) is 70.9. The fraction of sp³-hybridized carbons (Fsp3) is 0.469. The molecule has 0 aliphatic heterocycles. The summed E-state index contributed by atoms with van der Waals surface area (Å²) in [5, 5.41) is 67.2. The number of nitrogens with one attached hydrogen (secondary N) is 4. The average molecular weight is 1340 g/mol. The number of carbonyl (C=O) groups excluding carboxylic acids is 10. The maximum absolute atomic E-state index is 13.1. The summed E-state index contributed by atoms with van der Waals surface area (Å²) < 4.78 is 19.6. The van der Waals surface area contributed by atoms with Crippen molar-refractivity contribution in [3.05, 3.63) is 121 Å². The van der Waals surface area contributed by atoms with E-state index in [9.17, 15) is 82.4 Å². The second kappa shape index (κ2) is 49.5. The van der Waals surface area contributed by atoms with Crippen LogP contribution in [0, 0.1) is 22.7 Å². The molecule has 94 heavy (non-hydrogen) atoms. The zero-order valence-electron chi connectivity index (χ0n) is 55.1. The van der Waals surface area contributed by atoms with Crippen LogP contribution in [0.4, 0.5) is 0 Å². The molecule has 0 saturated heterocycles. The van der Waals surface area contributed by atoms with E-state index in [2.05, 4.69) is 57.1 Å². The third-order valence-corrected chi connectivity index (χ3v) is 12.9. The van der Waals surface area contributed by atoms with E-state index in [1.807, 2.05) is 18.2 Å². The molecule has 0 aromatic heterocycles. The Labute approximate surface area is 590 Å². The maximum Gasteiger partial charge on any atom is 1.00 e. The number of benzene rings is 2. The van der Waals surface area contributed by atoms with Crippen molar-refractivity contribution >= 4 is 83.3 Å². The number of ether oxygens (including phenoxy) is 4. The van der Waals surface area contributed by atoms with E-state index in [1.54, 1.807) is 70.2 Å². The number of hydrogen-bond donors (Lipinski definition) is 8. The minimum atomic E-state index is -1.43. The quantitative estimate of drug-likeness (QED) is 0.0106.